The van der Waals surface area contributed by atoms with Crippen molar-refractivity contribution in [3.8, 4) is 11.3 Å². The third-order valence-corrected chi connectivity index (χ3v) is 8.90. The van der Waals surface area contributed by atoms with E-state index in [2.05, 4.69) is 30.5 Å². The van der Waals surface area contributed by atoms with Crippen LogP contribution in [0.5, 0.6) is 0 Å². The van der Waals surface area contributed by atoms with Crippen LogP contribution in [0.4, 0.5) is 17.3 Å². The number of pyridine rings is 1. The van der Waals surface area contributed by atoms with Crippen molar-refractivity contribution in [3.63, 3.8) is 0 Å². The van der Waals surface area contributed by atoms with Crippen LogP contribution in [0.3, 0.4) is 0 Å². The Morgan fingerprint density at radius 2 is 1.87 bits per heavy atom. The summed E-state index contributed by atoms with van der Waals surface area (Å²) in [6, 6.07) is 19.1. The molecule has 0 saturated carbocycles. The van der Waals surface area contributed by atoms with Gasteiger partial charge in [0.1, 0.15) is 0 Å². The van der Waals surface area contributed by atoms with Gasteiger partial charge < -0.3 is 10.6 Å². The summed E-state index contributed by atoms with van der Waals surface area (Å²) in [5.74, 6) is 2.00. The van der Waals surface area contributed by atoms with Crippen molar-refractivity contribution in [2.24, 2.45) is 5.41 Å². The smallest absolute Gasteiger partial charge is 0.255 e. The molecule has 2 saturated heterocycles. The van der Waals surface area contributed by atoms with Gasteiger partial charge in [-0.3, -0.25) is 18.9 Å². The van der Waals surface area contributed by atoms with Crippen molar-refractivity contribution in [1.29, 1.82) is 0 Å². The molecule has 2 aromatic heterocycles. The zero-order valence-corrected chi connectivity index (χ0v) is 21.9. The molecule has 1 amide bonds. The van der Waals surface area contributed by atoms with Crippen LogP contribution in [0, 0.1) is 12.3 Å². The molecule has 2 aliphatic heterocycles. The summed E-state index contributed by atoms with van der Waals surface area (Å²) in [5.41, 5.74) is 6.26. The predicted octanol–water partition coefficient (Wildman–Crippen LogP) is 4.41. The quantitative estimate of drug-likeness (QED) is 0.369. The first-order valence-corrected chi connectivity index (χ1v) is 14.0. The van der Waals surface area contributed by atoms with Crippen molar-refractivity contribution in [1.82, 2.24) is 19.9 Å². The number of benzene rings is 2. The minimum absolute atomic E-state index is 0.166. The van der Waals surface area contributed by atoms with Crippen LogP contribution in [-0.2, 0) is 17.3 Å². The lowest BCUT2D eigenvalue weighted by Gasteiger charge is -2.55. The van der Waals surface area contributed by atoms with E-state index in [0.717, 1.165) is 53.6 Å². The molecule has 4 heterocycles. The van der Waals surface area contributed by atoms with Gasteiger partial charge >= 0.3 is 0 Å². The molecule has 1 spiro atoms. The summed E-state index contributed by atoms with van der Waals surface area (Å²) in [7, 11) is -0.602. The van der Waals surface area contributed by atoms with E-state index < -0.39 is 10.8 Å². The van der Waals surface area contributed by atoms with Crippen molar-refractivity contribution in [3.05, 3.63) is 95.9 Å². The molecule has 6 rings (SSSR count). The Kier molecular flexibility index (Phi) is 6.47. The Morgan fingerprint density at radius 1 is 1.05 bits per heavy atom. The van der Waals surface area contributed by atoms with Gasteiger partial charge in [0.2, 0.25) is 5.95 Å². The lowest BCUT2D eigenvalue weighted by atomic mass is 9.82. The number of carbonyl (C=O) groups is 1. The molecule has 2 fully saturated rings. The number of aryl methyl sites for hydroxylation is 1. The molecule has 0 atom stereocenters. The van der Waals surface area contributed by atoms with Gasteiger partial charge in [-0.1, -0.05) is 18.2 Å². The van der Waals surface area contributed by atoms with E-state index in [1.165, 1.54) is 5.56 Å². The predicted molar refractivity (Wildman–Crippen MR) is 150 cm³/mol. The first-order valence-electron chi connectivity index (χ1n) is 12.5. The number of nitrogens with one attached hydrogen (secondary N) is 2. The number of hydrogen-bond acceptors (Lipinski definition) is 7. The molecule has 0 bridgehead atoms. The average Bonchev–Trinajstić information content (AvgIpc) is 2.89. The van der Waals surface area contributed by atoms with E-state index in [1.54, 1.807) is 18.6 Å². The van der Waals surface area contributed by atoms with Gasteiger partial charge in [-0.05, 0) is 60.5 Å². The lowest BCUT2D eigenvalue weighted by Crippen LogP contribution is -2.66. The molecule has 4 aromatic rings. The van der Waals surface area contributed by atoms with Crippen molar-refractivity contribution >= 4 is 34.0 Å². The number of aromatic nitrogens is 3. The fourth-order valence-electron chi connectivity index (χ4n) is 5.11. The van der Waals surface area contributed by atoms with Gasteiger partial charge in [0.25, 0.3) is 5.91 Å². The molecule has 2 aliphatic rings. The Balaban J connectivity index is 1.08. The van der Waals surface area contributed by atoms with E-state index in [0.29, 0.717) is 22.6 Å². The van der Waals surface area contributed by atoms with E-state index >= 15 is 0 Å². The third kappa shape index (κ3) is 5.20. The molecule has 0 unspecified atom stereocenters. The monoisotopic (exact) mass is 524 g/mol. The molecule has 2 aromatic carbocycles. The van der Waals surface area contributed by atoms with Gasteiger partial charge in [0, 0.05) is 88.4 Å². The average molecular weight is 525 g/mol. The van der Waals surface area contributed by atoms with Crippen molar-refractivity contribution in [2.45, 2.75) is 13.5 Å². The SMILES string of the molecule is Cc1ccc(NC(=O)c2ccc(CN3CC4(C3)CS(=O)C4)cc2)cc1Nc1nccc(-c2cccnc2)n1. The summed E-state index contributed by atoms with van der Waals surface area (Å²) in [6.45, 7) is 4.88. The first kappa shape index (κ1) is 24.4. The van der Waals surface area contributed by atoms with Crippen molar-refractivity contribution in [2.75, 3.05) is 35.2 Å². The fraction of sp³-hybridized carbons (Fsp3) is 0.241. The maximum absolute atomic E-state index is 12.9. The molecule has 38 heavy (non-hydrogen) atoms. The van der Waals surface area contributed by atoms with E-state index in [9.17, 15) is 9.00 Å². The Labute approximate surface area is 224 Å². The highest BCUT2D eigenvalue weighted by atomic mass is 32.2. The number of likely N-dealkylation sites (tertiary alicyclic amines) is 1. The largest absolute Gasteiger partial charge is 0.324 e. The molecule has 0 aliphatic carbocycles. The zero-order chi connectivity index (χ0) is 26.1. The standard InChI is InChI=1S/C29H28N6O2S/c1-20-4-9-24(13-26(20)34-28-31-12-10-25(33-28)23-3-2-11-30-14-23)32-27(36)22-7-5-21(6-8-22)15-35-16-29(17-35)18-38(37)19-29/h2-14H,15-19H2,1H3,(H,32,36)(H,31,33,34). The van der Waals surface area contributed by atoms with Gasteiger partial charge in [0.15, 0.2) is 0 Å². The number of hydrogen-bond donors (Lipinski definition) is 2. The molecule has 8 nitrogen and oxygen atoms in total. The molecule has 192 valence electrons. The van der Waals surface area contributed by atoms with E-state index in [-0.39, 0.29) is 5.91 Å². The normalized spacial score (nSPS) is 16.4. The summed E-state index contributed by atoms with van der Waals surface area (Å²) in [4.78, 5) is 28.4. The highest BCUT2D eigenvalue weighted by Gasteiger charge is 2.51. The van der Waals surface area contributed by atoms with Crippen LogP contribution in [-0.4, -0.2) is 54.6 Å². The van der Waals surface area contributed by atoms with Crippen molar-refractivity contribution < 1.29 is 9.00 Å². The van der Waals surface area contributed by atoms with Crippen LogP contribution in [0.15, 0.2) is 79.3 Å². The Morgan fingerprint density at radius 3 is 2.61 bits per heavy atom. The summed E-state index contributed by atoms with van der Waals surface area (Å²) >= 11 is 0. The Bertz CT molecular complexity index is 1490. The highest BCUT2D eigenvalue weighted by Crippen LogP contribution is 2.40. The minimum Gasteiger partial charge on any atom is -0.324 e. The van der Waals surface area contributed by atoms with Crippen LogP contribution in [0.25, 0.3) is 11.3 Å². The fourth-order valence-corrected chi connectivity index (χ4v) is 6.76. The van der Waals surface area contributed by atoms with Crippen LogP contribution >= 0.6 is 0 Å². The second-order valence-electron chi connectivity index (χ2n) is 10.2. The second kappa shape index (κ2) is 10.1. The number of anilines is 3. The maximum Gasteiger partial charge on any atom is 0.255 e. The molecular formula is C29H28N6O2S. The minimum atomic E-state index is -0.602. The number of nitrogens with zero attached hydrogens (tertiary/aromatic N) is 4. The van der Waals surface area contributed by atoms with Gasteiger partial charge in [-0.25, -0.2) is 9.97 Å². The van der Waals surface area contributed by atoms with E-state index in [4.69, 9.17) is 0 Å². The van der Waals surface area contributed by atoms with Gasteiger partial charge in [-0.2, -0.15) is 0 Å². The summed E-state index contributed by atoms with van der Waals surface area (Å²) in [5, 5.41) is 6.27. The summed E-state index contributed by atoms with van der Waals surface area (Å²) in [6.07, 6.45) is 5.20. The first-order chi connectivity index (χ1) is 18.4. The topological polar surface area (TPSA) is 100 Å². The third-order valence-electron chi connectivity index (χ3n) is 7.03. The maximum atomic E-state index is 12.9. The molecule has 0 radical (unpaired) electrons. The van der Waals surface area contributed by atoms with Gasteiger partial charge in [-0.15, -0.1) is 0 Å². The van der Waals surface area contributed by atoms with Crippen LogP contribution < -0.4 is 10.6 Å². The summed E-state index contributed by atoms with van der Waals surface area (Å²) < 4.78 is 11.4. The zero-order valence-electron chi connectivity index (χ0n) is 21.1. The second-order valence-corrected chi connectivity index (χ2v) is 11.6. The van der Waals surface area contributed by atoms with Crippen LogP contribution in [0.1, 0.15) is 21.5 Å². The molecule has 2 N–H and O–H groups in total. The lowest BCUT2D eigenvalue weighted by molar-refractivity contribution is 0.0205. The highest BCUT2D eigenvalue weighted by molar-refractivity contribution is 7.86. The van der Waals surface area contributed by atoms with Crippen LogP contribution in [0.2, 0.25) is 0 Å². The van der Waals surface area contributed by atoms with Gasteiger partial charge in [0.05, 0.1) is 5.69 Å². The number of rotatable bonds is 7. The number of carbonyl (C=O) groups excluding carboxylic acids is 1. The molecule has 9 heteroatoms. The van der Waals surface area contributed by atoms with E-state index in [1.807, 2.05) is 67.6 Å². The Hall–Kier alpha value is -3.95. The number of amides is 1. The molecular weight excluding hydrogens is 496 g/mol.